The lowest BCUT2D eigenvalue weighted by atomic mass is 10.4. The van der Waals surface area contributed by atoms with Crippen molar-refractivity contribution in [3.8, 4) is 0 Å². The monoisotopic (exact) mass is 170 g/mol. The summed E-state index contributed by atoms with van der Waals surface area (Å²) in [5.74, 6) is 0. The summed E-state index contributed by atoms with van der Waals surface area (Å²) in [6.45, 7) is 1.40. The Bertz CT molecular complexity index is 233. The molecule has 1 aromatic heterocycles. The van der Waals surface area contributed by atoms with E-state index in [1.165, 1.54) is 0 Å². The number of aliphatic hydroxyl groups is 1. The summed E-state index contributed by atoms with van der Waals surface area (Å²) in [6.07, 6.45) is 1.84. The van der Waals surface area contributed by atoms with Crippen LogP contribution in [-0.2, 0) is 13.1 Å². The Balaban J connectivity index is 2.52. The molecular formula is C7H14N4O. The van der Waals surface area contributed by atoms with Gasteiger partial charge in [0.1, 0.15) is 0 Å². The summed E-state index contributed by atoms with van der Waals surface area (Å²) in [5, 5.41) is 16.4. The van der Waals surface area contributed by atoms with Crippen LogP contribution in [0.25, 0.3) is 0 Å². The van der Waals surface area contributed by atoms with E-state index in [9.17, 15) is 0 Å². The Morgan fingerprint density at radius 1 is 1.58 bits per heavy atom. The standard InChI is InChI=1S/C7H14N4O/c1-10(2)5-7-6-11(3-4-12)9-8-7/h6,12H,3-5H2,1-2H3. The summed E-state index contributed by atoms with van der Waals surface area (Å²) >= 11 is 0. The van der Waals surface area contributed by atoms with E-state index in [2.05, 4.69) is 10.3 Å². The van der Waals surface area contributed by atoms with Crippen molar-refractivity contribution in [2.45, 2.75) is 13.1 Å². The fourth-order valence-corrected chi connectivity index (χ4v) is 0.947. The molecular weight excluding hydrogens is 156 g/mol. The van der Waals surface area contributed by atoms with E-state index in [1.54, 1.807) is 4.68 Å². The van der Waals surface area contributed by atoms with Gasteiger partial charge in [-0.25, -0.2) is 4.68 Å². The quantitative estimate of drug-likeness (QED) is 0.651. The summed E-state index contributed by atoms with van der Waals surface area (Å²) in [7, 11) is 3.95. The molecule has 0 saturated heterocycles. The Labute approximate surface area is 71.6 Å². The van der Waals surface area contributed by atoms with Gasteiger partial charge in [0.15, 0.2) is 0 Å². The molecule has 5 nitrogen and oxygen atoms in total. The molecule has 0 amide bonds. The second-order valence-electron chi connectivity index (χ2n) is 2.93. The highest BCUT2D eigenvalue weighted by Crippen LogP contribution is 1.95. The lowest BCUT2D eigenvalue weighted by Crippen LogP contribution is -2.10. The zero-order chi connectivity index (χ0) is 8.97. The van der Waals surface area contributed by atoms with Crippen molar-refractivity contribution in [1.82, 2.24) is 19.9 Å². The number of aromatic nitrogens is 3. The van der Waals surface area contributed by atoms with Crippen molar-refractivity contribution in [3.05, 3.63) is 11.9 Å². The highest BCUT2D eigenvalue weighted by molar-refractivity contribution is 4.91. The highest BCUT2D eigenvalue weighted by atomic mass is 16.3. The lowest BCUT2D eigenvalue weighted by molar-refractivity contribution is 0.268. The number of nitrogens with zero attached hydrogens (tertiary/aromatic N) is 4. The van der Waals surface area contributed by atoms with Gasteiger partial charge < -0.3 is 10.0 Å². The third-order valence-electron chi connectivity index (χ3n) is 1.39. The molecule has 0 aliphatic heterocycles. The number of hydrogen-bond acceptors (Lipinski definition) is 4. The smallest absolute Gasteiger partial charge is 0.0966 e. The maximum Gasteiger partial charge on any atom is 0.0966 e. The third kappa shape index (κ3) is 2.60. The molecule has 0 bridgehead atoms. The van der Waals surface area contributed by atoms with Crippen LogP contribution in [0.2, 0.25) is 0 Å². The molecule has 0 spiro atoms. The molecule has 0 fully saturated rings. The van der Waals surface area contributed by atoms with Crippen LogP contribution in [0.1, 0.15) is 5.69 Å². The van der Waals surface area contributed by atoms with E-state index in [4.69, 9.17) is 5.11 Å². The maximum absolute atomic E-state index is 8.61. The van der Waals surface area contributed by atoms with Gasteiger partial charge in [-0.05, 0) is 14.1 Å². The fraction of sp³-hybridized carbons (Fsp3) is 0.714. The van der Waals surface area contributed by atoms with E-state index in [0.29, 0.717) is 6.54 Å². The molecule has 0 atom stereocenters. The average molecular weight is 170 g/mol. The molecule has 0 radical (unpaired) electrons. The molecule has 12 heavy (non-hydrogen) atoms. The molecule has 1 rings (SSSR count). The second-order valence-corrected chi connectivity index (χ2v) is 2.93. The normalized spacial score (nSPS) is 11.0. The minimum Gasteiger partial charge on any atom is -0.394 e. The first-order chi connectivity index (χ1) is 5.72. The first kappa shape index (κ1) is 9.15. The molecule has 5 heteroatoms. The minimum atomic E-state index is 0.102. The van der Waals surface area contributed by atoms with Crippen molar-refractivity contribution in [2.24, 2.45) is 0 Å². The molecule has 68 valence electrons. The van der Waals surface area contributed by atoms with Gasteiger partial charge in [0.25, 0.3) is 0 Å². The van der Waals surface area contributed by atoms with Crippen molar-refractivity contribution < 1.29 is 5.11 Å². The number of aliphatic hydroxyl groups excluding tert-OH is 1. The molecule has 1 N–H and O–H groups in total. The van der Waals surface area contributed by atoms with Gasteiger partial charge in [0.05, 0.1) is 18.8 Å². The van der Waals surface area contributed by atoms with Crippen LogP contribution in [0, 0.1) is 0 Å². The van der Waals surface area contributed by atoms with Crippen LogP contribution in [-0.4, -0.2) is 45.7 Å². The molecule has 0 saturated carbocycles. The highest BCUT2D eigenvalue weighted by Gasteiger charge is 2.00. The third-order valence-corrected chi connectivity index (χ3v) is 1.39. The fourth-order valence-electron chi connectivity index (χ4n) is 0.947. The topological polar surface area (TPSA) is 54.2 Å². The molecule has 0 aliphatic rings. The average Bonchev–Trinajstić information content (AvgIpc) is 2.36. The van der Waals surface area contributed by atoms with Gasteiger partial charge in [-0.3, -0.25) is 0 Å². The van der Waals surface area contributed by atoms with Crippen LogP contribution in [0.15, 0.2) is 6.20 Å². The predicted molar refractivity (Wildman–Crippen MR) is 44.5 cm³/mol. The van der Waals surface area contributed by atoms with Crippen LogP contribution in [0.5, 0.6) is 0 Å². The first-order valence-corrected chi connectivity index (χ1v) is 3.87. The van der Waals surface area contributed by atoms with Gasteiger partial charge in [0, 0.05) is 12.7 Å². The Morgan fingerprint density at radius 3 is 2.92 bits per heavy atom. The van der Waals surface area contributed by atoms with Crippen molar-refractivity contribution >= 4 is 0 Å². The minimum absolute atomic E-state index is 0.102. The molecule has 0 aromatic carbocycles. The summed E-state index contributed by atoms with van der Waals surface area (Å²) in [5.41, 5.74) is 0.924. The van der Waals surface area contributed by atoms with Crippen molar-refractivity contribution in [2.75, 3.05) is 20.7 Å². The van der Waals surface area contributed by atoms with Gasteiger partial charge >= 0.3 is 0 Å². The SMILES string of the molecule is CN(C)Cc1cn(CCO)nn1. The maximum atomic E-state index is 8.61. The second kappa shape index (κ2) is 4.18. The van der Waals surface area contributed by atoms with Crippen molar-refractivity contribution in [1.29, 1.82) is 0 Å². The summed E-state index contributed by atoms with van der Waals surface area (Å²) < 4.78 is 1.64. The van der Waals surface area contributed by atoms with E-state index in [-0.39, 0.29) is 6.61 Å². The van der Waals surface area contributed by atoms with E-state index >= 15 is 0 Å². The van der Waals surface area contributed by atoms with Crippen LogP contribution >= 0.6 is 0 Å². The van der Waals surface area contributed by atoms with Gasteiger partial charge in [-0.1, -0.05) is 5.21 Å². The molecule has 1 aromatic rings. The van der Waals surface area contributed by atoms with E-state index in [0.717, 1.165) is 12.2 Å². The zero-order valence-corrected chi connectivity index (χ0v) is 7.43. The van der Waals surface area contributed by atoms with Crippen LogP contribution in [0.4, 0.5) is 0 Å². The van der Waals surface area contributed by atoms with E-state index < -0.39 is 0 Å². The Morgan fingerprint density at radius 2 is 2.33 bits per heavy atom. The van der Waals surface area contributed by atoms with E-state index in [1.807, 2.05) is 25.2 Å². The van der Waals surface area contributed by atoms with Gasteiger partial charge in [-0.15, -0.1) is 5.10 Å². The first-order valence-electron chi connectivity index (χ1n) is 3.87. The van der Waals surface area contributed by atoms with Crippen molar-refractivity contribution in [3.63, 3.8) is 0 Å². The number of hydrogen-bond donors (Lipinski definition) is 1. The molecule has 0 unspecified atom stereocenters. The van der Waals surface area contributed by atoms with Crippen LogP contribution in [0.3, 0.4) is 0 Å². The summed E-state index contributed by atoms with van der Waals surface area (Å²) in [6, 6.07) is 0. The summed E-state index contributed by atoms with van der Waals surface area (Å²) in [4.78, 5) is 2.02. The number of rotatable bonds is 4. The largest absolute Gasteiger partial charge is 0.394 e. The van der Waals surface area contributed by atoms with Crippen LogP contribution < -0.4 is 0 Å². The molecule has 0 aliphatic carbocycles. The molecule has 1 heterocycles. The van der Waals surface area contributed by atoms with Gasteiger partial charge in [0.2, 0.25) is 0 Å². The van der Waals surface area contributed by atoms with Gasteiger partial charge in [-0.2, -0.15) is 0 Å². The lowest BCUT2D eigenvalue weighted by Gasteiger charge is -2.04. The Kier molecular flexibility index (Phi) is 3.19. The Hall–Kier alpha value is -0.940. The predicted octanol–water partition coefficient (Wildman–Crippen LogP) is -0.668. The zero-order valence-electron chi connectivity index (χ0n) is 7.43.